The van der Waals surface area contributed by atoms with Gasteiger partial charge in [0.2, 0.25) is 5.82 Å². The summed E-state index contributed by atoms with van der Waals surface area (Å²) in [6.45, 7) is 3.76. The fourth-order valence-electron chi connectivity index (χ4n) is 1.95. The van der Waals surface area contributed by atoms with Gasteiger partial charge in [0.1, 0.15) is 5.75 Å². The molecule has 2 heterocycles. The summed E-state index contributed by atoms with van der Waals surface area (Å²) in [7, 11) is 0. The molecule has 7 heteroatoms. The van der Waals surface area contributed by atoms with E-state index in [0.29, 0.717) is 11.6 Å². The number of ether oxygens (including phenoxy) is 2. The van der Waals surface area contributed by atoms with Crippen LogP contribution in [0.2, 0.25) is 0 Å². The Balaban J connectivity index is 1.48. The van der Waals surface area contributed by atoms with Crippen LogP contribution in [0.15, 0.2) is 40.2 Å². The number of aryl methyl sites for hydroxylation is 2. The Labute approximate surface area is 143 Å². The van der Waals surface area contributed by atoms with Crippen LogP contribution in [0.4, 0.5) is 0 Å². The van der Waals surface area contributed by atoms with E-state index < -0.39 is 5.97 Å². The third-order valence-electron chi connectivity index (χ3n) is 3.40. The molecule has 2 aromatic heterocycles. The highest BCUT2D eigenvalue weighted by Gasteiger charge is 2.12. The smallest absolute Gasteiger partial charge is 0.344 e. The third-order valence-corrected chi connectivity index (χ3v) is 4.27. The number of carbonyl (C=O) groups excluding carboxylic acids is 1. The number of aromatic nitrogens is 2. The van der Waals surface area contributed by atoms with E-state index in [1.54, 1.807) is 0 Å². The quantitative estimate of drug-likeness (QED) is 0.637. The van der Waals surface area contributed by atoms with Gasteiger partial charge in [0.25, 0.3) is 5.89 Å². The monoisotopic (exact) mass is 344 g/mol. The maximum Gasteiger partial charge on any atom is 0.344 e. The molecule has 24 heavy (non-hydrogen) atoms. The molecule has 0 aliphatic carbocycles. The van der Waals surface area contributed by atoms with E-state index in [0.717, 1.165) is 10.4 Å². The molecule has 0 unspecified atom stereocenters. The molecule has 3 rings (SSSR count). The molecule has 0 saturated heterocycles. The lowest BCUT2D eigenvalue weighted by atomic mass is 10.1. The number of benzene rings is 1. The highest BCUT2D eigenvalue weighted by molar-refractivity contribution is 7.13. The second-order valence-electron chi connectivity index (χ2n) is 5.18. The van der Waals surface area contributed by atoms with E-state index in [2.05, 4.69) is 10.1 Å². The first kappa shape index (κ1) is 16.2. The normalized spacial score (nSPS) is 10.6. The predicted octanol–water partition coefficient (Wildman–Crippen LogP) is 3.54. The molecule has 0 spiro atoms. The highest BCUT2D eigenvalue weighted by atomic mass is 32.1. The summed E-state index contributed by atoms with van der Waals surface area (Å²) < 4.78 is 15.6. The molecule has 6 nitrogen and oxygen atoms in total. The Bertz CT molecular complexity index is 827. The number of hydrogen-bond acceptors (Lipinski definition) is 7. The van der Waals surface area contributed by atoms with E-state index >= 15 is 0 Å². The Morgan fingerprint density at radius 3 is 2.88 bits per heavy atom. The number of hydrogen-bond donors (Lipinski definition) is 0. The zero-order valence-corrected chi connectivity index (χ0v) is 14.1. The summed E-state index contributed by atoms with van der Waals surface area (Å²) in [6.07, 6.45) is 0. The van der Waals surface area contributed by atoms with Crippen LogP contribution in [0.3, 0.4) is 0 Å². The van der Waals surface area contributed by atoms with Crippen molar-refractivity contribution in [2.45, 2.75) is 20.5 Å². The average Bonchev–Trinajstić information content (AvgIpc) is 3.25. The fourth-order valence-corrected chi connectivity index (χ4v) is 2.60. The Hall–Kier alpha value is -2.67. The van der Waals surface area contributed by atoms with E-state index in [1.807, 2.05) is 49.6 Å². The van der Waals surface area contributed by atoms with Crippen LogP contribution in [0.1, 0.15) is 17.0 Å². The van der Waals surface area contributed by atoms with E-state index in [4.69, 9.17) is 14.0 Å². The number of rotatable bonds is 6. The molecule has 0 atom stereocenters. The molecule has 0 fully saturated rings. The number of nitrogens with zero attached hydrogens (tertiary/aromatic N) is 2. The van der Waals surface area contributed by atoms with Crippen molar-refractivity contribution in [1.29, 1.82) is 0 Å². The van der Waals surface area contributed by atoms with Gasteiger partial charge in [-0.25, -0.2) is 4.79 Å². The van der Waals surface area contributed by atoms with Gasteiger partial charge in [0, 0.05) is 0 Å². The van der Waals surface area contributed by atoms with Crippen molar-refractivity contribution in [3.05, 3.63) is 52.7 Å². The van der Waals surface area contributed by atoms with Gasteiger partial charge in [-0.05, 0) is 48.6 Å². The maximum atomic E-state index is 11.7. The van der Waals surface area contributed by atoms with Crippen LogP contribution in [0.5, 0.6) is 5.75 Å². The molecule has 0 radical (unpaired) electrons. The minimum absolute atomic E-state index is 0.0759. The molecule has 3 aromatic rings. The Morgan fingerprint density at radius 1 is 1.25 bits per heavy atom. The first-order valence-electron chi connectivity index (χ1n) is 7.34. The first-order valence-corrected chi connectivity index (χ1v) is 8.22. The molecule has 0 N–H and O–H groups in total. The van der Waals surface area contributed by atoms with Crippen molar-refractivity contribution in [1.82, 2.24) is 10.1 Å². The topological polar surface area (TPSA) is 74.5 Å². The van der Waals surface area contributed by atoms with Crippen molar-refractivity contribution in [3.63, 3.8) is 0 Å². The first-order chi connectivity index (χ1) is 11.6. The summed E-state index contributed by atoms with van der Waals surface area (Å²) in [5.74, 6) is 0.872. The molecule has 1 aromatic carbocycles. The van der Waals surface area contributed by atoms with Crippen molar-refractivity contribution >= 4 is 17.3 Å². The summed E-state index contributed by atoms with van der Waals surface area (Å²) in [5, 5.41) is 5.78. The van der Waals surface area contributed by atoms with Crippen LogP contribution < -0.4 is 4.74 Å². The number of carbonyl (C=O) groups is 1. The predicted molar refractivity (Wildman–Crippen MR) is 88.8 cm³/mol. The minimum atomic E-state index is -0.496. The van der Waals surface area contributed by atoms with Gasteiger partial charge in [-0.15, -0.1) is 11.3 Å². The molecule has 0 aliphatic rings. The van der Waals surface area contributed by atoms with Gasteiger partial charge in [0.05, 0.1) is 4.88 Å². The summed E-state index contributed by atoms with van der Waals surface area (Å²) >= 11 is 1.51. The molecule has 124 valence electrons. The average molecular weight is 344 g/mol. The molecular formula is C17H16N2O4S. The van der Waals surface area contributed by atoms with Gasteiger partial charge in [-0.3, -0.25) is 0 Å². The summed E-state index contributed by atoms with van der Waals surface area (Å²) in [5.41, 5.74) is 2.27. The maximum absolute atomic E-state index is 11.7. The molecular weight excluding hydrogens is 328 g/mol. The van der Waals surface area contributed by atoms with E-state index in [9.17, 15) is 4.79 Å². The van der Waals surface area contributed by atoms with Gasteiger partial charge >= 0.3 is 5.97 Å². The van der Waals surface area contributed by atoms with Crippen LogP contribution in [0, 0.1) is 13.8 Å². The van der Waals surface area contributed by atoms with Crippen LogP contribution in [-0.2, 0) is 16.1 Å². The lowest BCUT2D eigenvalue weighted by Gasteiger charge is -2.07. The van der Waals surface area contributed by atoms with Crippen LogP contribution >= 0.6 is 11.3 Å². The summed E-state index contributed by atoms with van der Waals surface area (Å²) in [4.78, 5) is 16.8. The zero-order valence-electron chi connectivity index (χ0n) is 13.3. The number of esters is 1. The Kier molecular flexibility index (Phi) is 4.90. The van der Waals surface area contributed by atoms with Crippen molar-refractivity contribution < 1.29 is 18.8 Å². The van der Waals surface area contributed by atoms with Gasteiger partial charge in [-0.2, -0.15) is 4.98 Å². The van der Waals surface area contributed by atoms with Crippen molar-refractivity contribution in [2.75, 3.05) is 6.61 Å². The van der Waals surface area contributed by atoms with E-state index in [-0.39, 0.29) is 19.1 Å². The number of thiophene rings is 1. The second kappa shape index (κ2) is 7.27. The third kappa shape index (κ3) is 3.99. The highest BCUT2D eigenvalue weighted by Crippen LogP contribution is 2.21. The second-order valence-corrected chi connectivity index (χ2v) is 6.13. The standard InChI is InChI=1S/C17H16N2O4S/c1-11-5-6-13(8-12(11)2)21-10-16(20)22-9-15-18-17(19-23-15)14-4-3-7-24-14/h3-8H,9-10H2,1-2H3. The zero-order chi connectivity index (χ0) is 16.9. The van der Waals surface area contributed by atoms with Gasteiger partial charge in [-0.1, -0.05) is 17.3 Å². The molecule has 0 bridgehead atoms. The van der Waals surface area contributed by atoms with Crippen LogP contribution in [0.25, 0.3) is 10.7 Å². The fraction of sp³-hybridized carbons (Fsp3) is 0.235. The van der Waals surface area contributed by atoms with E-state index in [1.165, 1.54) is 16.9 Å². The molecule has 0 amide bonds. The van der Waals surface area contributed by atoms with Crippen molar-refractivity contribution in [2.24, 2.45) is 0 Å². The summed E-state index contributed by atoms with van der Waals surface area (Å²) in [6, 6.07) is 9.44. The Morgan fingerprint density at radius 2 is 2.12 bits per heavy atom. The lowest BCUT2D eigenvalue weighted by Crippen LogP contribution is -2.15. The molecule has 0 saturated carbocycles. The SMILES string of the molecule is Cc1ccc(OCC(=O)OCc2nc(-c3cccs3)no2)cc1C. The minimum Gasteiger partial charge on any atom is -0.482 e. The van der Waals surface area contributed by atoms with Crippen LogP contribution in [-0.4, -0.2) is 22.7 Å². The van der Waals surface area contributed by atoms with Crippen molar-refractivity contribution in [3.8, 4) is 16.5 Å². The lowest BCUT2D eigenvalue weighted by molar-refractivity contribution is -0.148. The van der Waals surface area contributed by atoms with Gasteiger partial charge < -0.3 is 14.0 Å². The van der Waals surface area contributed by atoms with Gasteiger partial charge in [0.15, 0.2) is 13.2 Å². The molecule has 0 aliphatic heterocycles. The largest absolute Gasteiger partial charge is 0.482 e.